The number of nitrogens with zero attached hydrogens (tertiary/aromatic N) is 2. The first-order chi connectivity index (χ1) is 9.20. The molecule has 1 aliphatic heterocycles. The van der Waals surface area contributed by atoms with Gasteiger partial charge in [-0.1, -0.05) is 24.8 Å². The Bertz CT molecular complexity index is 624. The predicted molar refractivity (Wildman–Crippen MR) is 83.9 cm³/mol. The number of aromatic nitrogens is 1. The number of amidine groups is 1. The molecule has 0 fully saturated rings. The Labute approximate surface area is 117 Å². The third-order valence-electron chi connectivity index (χ3n) is 3.18. The van der Waals surface area contributed by atoms with Crippen molar-refractivity contribution in [2.75, 3.05) is 5.32 Å². The fourth-order valence-electron chi connectivity index (χ4n) is 2.34. The number of nitrogens with one attached hydrogen (secondary N) is 1. The van der Waals surface area contributed by atoms with Gasteiger partial charge >= 0.3 is 0 Å². The zero-order valence-electron chi connectivity index (χ0n) is 11.1. The van der Waals surface area contributed by atoms with Gasteiger partial charge in [0.1, 0.15) is 0 Å². The Morgan fingerprint density at radius 2 is 2.16 bits per heavy atom. The van der Waals surface area contributed by atoms with Crippen molar-refractivity contribution >= 4 is 33.5 Å². The van der Waals surface area contributed by atoms with Crippen LogP contribution in [0.1, 0.15) is 20.3 Å². The highest BCUT2D eigenvalue weighted by Gasteiger charge is 2.18. The molecule has 1 N–H and O–H groups in total. The minimum Gasteiger partial charge on any atom is -0.335 e. The normalized spacial score (nSPS) is 23.2. The van der Waals surface area contributed by atoms with Crippen LogP contribution in [0.25, 0.3) is 10.9 Å². The van der Waals surface area contributed by atoms with Crippen LogP contribution in [0.4, 0.5) is 5.69 Å². The van der Waals surface area contributed by atoms with Gasteiger partial charge in [-0.25, -0.2) is 0 Å². The zero-order chi connectivity index (χ0) is 13.2. The summed E-state index contributed by atoms with van der Waals surface area (Å²) >= 11 is 1.81. The average molecular weight is 271 g/mol. The molecule has 0 radical (unpaired) electrons. The largest absolute Gasteiger partial charge is 0.335 e. The number of pyridine rings is 1. The standard InChI is InChI=1S/C15H17N3S/c1-10-8-11(2)19-15(17-10)18-13-5-6-14-12(9-13)4-3-7-16-14/h3-7,9-11H,8H2,1-2H3,(H,17,18). The van der Waals surface area contributed by atoms with Crippen LogP contribution in [0.2, 0.25) is 0 Å². The first kappa shape index (κ1) is 12.5. The quantitative estimate of drug-likeness (QED) is 0.854. The van der Waals surface area contributed by atoms with Crippen molar-refractivity contribution in [2.24, 2.45) is 4.99 Å². The van der Waals surface area contributed by atoms with Crippen LogP contribution in [0, 0.1) is 0 Å². The lowest BCUT2D eigenvalue weighted by atomic mass is 10.2. The molecule has 0 bridgehead atoms. The molecule has 3 rings (SSSR count). The Morgan fingerprint density at radius 3 is 3.00 bits per heavy atom. The molecule has 0 aliphatic carbocycles. The molecular weight excluding hydrogens is 254 g/mol. The summed E-state index contributed by atoms with van der Waals surface area (Å²) in [6, 6.07) is 10.7. The van der Waals surface area contributed by atoms with Gasteiger partial charge in [0.2, 0.25) is 0 Å². The predicted octanol–water partition coefficient (Wildman–Crippen LogP) is 3.92. The van der Waals surface area contributed by atoms with Gasteiger partial charge < -0.3 is 5.32 Å². The van der Waals surface area contributed by atoms with Gasteiger partial charge in [0, 0.05) is 22.5 Å². The van der Waals surface area contributed by atoms with Crippen LogP contribution in [-0.4, -0.2) is 21.4 Å². The lowest BCUT2D eigenvalue weighted by Crippen LogP contribution is -2.22. The Morgan fingerprint density at radius 1 is 1.26 bits per heavy atom. The van der Waals surface area contributed by atoms with Crippen LogP contribution in [0.3, 0.4) is 0 Å². The van der Waals surface area contributed by atoms with Crippen molar-refractivity contribution in [3.63, 3.8) is 0 Å². The summed E-state index contributed by atoms with van der Waals surface area (Å²) in [5.41, 5.74) is 2.10. The first-order valence-electron chi connectivity index (χ1n) is 6.57. The molecule has 3 nitrogen and oxygen atoms in total. The van der Waals surface area contributed by atoms with Gasteiger partial charge in [0.15, 0.2) is 5.17 Å². The minimum absolute atomic E-state index is 0.404. The van der Waals surface area contributed by atoms with E-state index in [2.05, 4.69) is 47.3 Å². The molecule has 1 aromatic carbocycles. The number of aliphatic imine (C=N–C) groups is 1. The van der Waals surface area contributed by atoms with E-state index in [1.54, 1.807) is 0 Å². The Balaban J connectivity index is 1.85. The number of thioether (sulfide) groups is 1. The van der Waals surface area contributed by atoms with E-state index in [0.717, 1.165) is 28.2 Å². The van der Waals surface area contributed by atoms with Crippen molar-refractivity contribution in [3.05, 3.63) is 36.5 Å². The molecule has 2 aromatic rings. The molecule has 2 unspecified atom stereocenters. The second-order valence-corrected chi connectivity index (χ2v) is 6.41. The highest BCUT2D eigenvalue weighted by Crippen LogP contribution is 2.26. The summed E-state index contributed by atoms with van der Waals surface area (Å²) in [6.07, 6.45) is 2.97. The van der Waals surface area contributed by atoms with Crippen LogP contribution in [0.5, 0.6) is 0 Å². The highest BCUT2D eigenvalue weighted by molar-refractivity contribution is 8.14. The van der Waals surface area contributed by atoms with E-state index in [1.807, 2.05) is 30.1 Å². The SMILES string of the molecule is CC1CC(C)SC(Nc2ccc3ncccc3c2)=N1. The fraction of sp³-hybridized carbons (Fsp3) is 0.333. The van der Waals surface area contributed by atoms with Gasteiger partial charge in [-0.2, -0.15) is 0 Å². The molecular formula is C15H17N3S. The number of fused-ring (bicyclic) bond motifs is 1. The maximum atomic E-state index is 4.66. The number of anilines is 1. The van der Waals surface area contributed by atoms with Crippen molar-refractivity contribution in [1.82, 2.24) is 4.98 Å². The smallest absolute Gasteiger partial charge is 0.161 e. The Kier molecular flexibility index (Phi) is 3.42. The molecule has 98 valence electrons. The minimum atomic E-state index is 0.404. The van der Waals surface area contributed by atoms with E-state index in [9.17, 15) is 0 Å². The molecule has 1 aromatic heterocycles. The average Bonchev–Trinajstić information content (AvgIpc) is 2.37. The maximum Gasteiger partial charge on any atom is 0.161 e. The number of rotatable bonds is 1. The topological polar surface area (TPSA) is 37.3 Å². The molecule has 2 heterocycles. The second-order valence-electron chi connectivity index (χ2n) is 4.98. The summed E-state index contributed by atoms with van der Waals surface area (Å²) < 4.78 is 0. The van der Waals surface area contributed by atoms with E-state index < -0.39 is 0 Å². The number of hydrogen-bond acceptors (Lipinski definition) is 4. The van der Waals surface area contributed by atoms with Gasteiger partial charge in [0.25, 0.3) is 0 Å². The van der Waals surface area contributed by atoms with E-state index in [4.69, 9.17) is 0 Å². The summed E-state index contributed by atoms with van der Waals surface area (Å²) in [4.78, 5) is 8.99. The van der Waals surface area contributed by atoms with Crippen molar-refractivity contribution in [3.8, 4) is 0 Å². The fourth-order valence-corrected chi connectivity index (χ4v) is 3.51. The van der Waals surface area contributed by atoms with Crippen LogP contribution >= 0.6 is 11.8 Å². The molecule has 0 amide bonds. The summed E-state index contributed by atoms with van der Waals surface area (Å²) in [7, 11) is 0. The highest BCUT2D eigenvalue weighted by atomic mass is 32.2. The third-order valence-corrected chi connectivity index (χ3v) is 4.20. The molecule has 0 saturated carbocycles. The summed E-state index contributed by atoms with van der Waals surface area (Å²) in [5.74, 6) is 0. The molecule has 19 heavy (non-hydrogen) atoms. The number of hydrogen-bond donors (Lipinski definition) is 1. The molecule has 2 atom stereocenters. The monoisotopic (exact) mass is 271 g/mol. The molecule has 0 saturated heterocycles. The molecule has 4 heteroatoms. The van der Waals surface area contributed by atoms with Gasteiger partial charge in [-0.3, -0.25) is 9.98 Å². The lowest BCUT2D eigenvalue weighted by Gasteiger charge is -2.23. The summed E-state index contributed by atoms with van der Waals surface area (Å²) in [6.45, 7) is 4.42. The number of benzene rings is 1. The third kappa shape index (κ3) is 2.89. The van der Waals surface area contributed by atoms with Crippen LogP contribution in [-0.2, 0) is 0 Å². The van der Waals surface area contributed by atoms with E-state index in [-0.39, 0.29) is 0 Å². The van der Waals surface area contributed by atoms with Gasteiger partial charge in [-0.15, -0.1) is 0 Å². The lowest BCUT2D eigenvalue weighted by molar-refractivity contribution is 0.661. The van der Waals surface area contributed by atoms with Gasteiger partial charge in [0.05, 0.1) is 11.6 Å². The van der Waals surface area contributed by atoms with Crippen molar-refractivity contribution in [1.29, 1.82) is 0 Å². The second kappa shape index (κ2) is 5.21. The first-order valence-corrected chi connectivity index (χ1v) is 7.45. The van der Waals surface area contributed by atoms with Crippen molar-refractivity contribution in [2.45, 2.75) is 31.6 Å². The molecule has 0 spiro atoms. The van der Waals surface area contributed by atoms with E-state index >= 15 is 0 Å². The van der Waals surface area contributed by atoms with Gasteiger partial charge in [-0.05, 0) is 37.6 Å². The zero-order valence-corrected chi connectivity index (χ0v) is 11.9. The van der Waals surface area contributed by atoms with E-state index in [0.29, 0.717) is 11.3 Å². The molecule has 1 aliphatic rings. The van der Waals surface area contributed by atoms with Crippen molar-refractivity contribution < 1.29 is 0 Å². The van der Waals surface area contributed by atoms with Crippen LogP contribution in [0.15, 0.2) is 41.5 Å². The van der Waals surface area contributed by atoms with E-state index in [1.165, 1.54) is 0 Å². The Hall–Kier alpha value is -1.55. The summed E-state index contributed by atoms with van der Waals surface area (Å²) in [5, 5.41) is 6.21. The maximum absolute atomic E-state index is 4.66. The van der Waals surface area contributed by atoms with Crippen LogP contribution < -0.4 is 5.32 Å².